The molecular formula is C12H16N2O. The molecule has 15 heavy (non-hydrogen) atoms. The maximum absolute atomic E-state index is 11.6. The molecule has 1 aromatic carbocycles. The van der Waals surface area contributed by atoms with Gasteiger partial charge in [-0.1, -0.05) is 17.7 Å². The van der Waals surface area contributed by atoms with Gasteiger partial charge in [-0.05, 0) is 31.4 Å². The fourth-order valence-corrected chi connectivity index (χ4v) is 1.57. The van der Waals surface area contributed by atoms with Crippen molar-refractivity contribution in [3.8, 4) is 0 Å². The molecule has 0 unspecified atom stereocenters. The Bertz CT molecular complexity index is 383. The van der Waals surface area contributed by atoms with E-state index in [0.29, 0.717) is 18.2 Å². The van der Waals surface area contributed by atoms with Gasteiger partial charge in [0.25, 0.3) is 0 Å². The van der Waals surface area contributed by atoms with Gasteiger partial charge in [0.2, 0.25) is 5.91 Å². The number of carbonyl (C=O) groups is 1. The molecule has 2 rings (SSSR count). The second-order valence-electron chi connectivity index (χ2n) is 4.22. The third kappa shape index (κ3) is 2.72. The summed E-state index contributed by atoms with van der Waals surface area (Å²) in [5.74, 6) is 0.0785. The number of aryl methyl sites for hydroxylation is 1. The molecule has 0 aliphatic heterocycles. The molecule has 80 valence electrons. The van der Waals surface area contributed by atoms with E-state index < -0.39 is 0 Å². The largest absolute Gasteiger partial charge is 0.398 e. The molecule has 1 aliphatic carbocycles. The van der Waals surface area contributed by atoms with Crippen LogP contribution in [0.4, 0.5) is 5.69 Å². The summed E-state index contributed by atoms with van der Waals surface area (Å²) in [4.78, 5) is 11.6. The number of nitrogens with two attached hydrogens (primary N) is 1. The van der Waals surface area contributed by atoms with Gasteiger partial charge in [0.1, 0.15) is 0 Å². The van der Waals surface area contributed by atoms with E-state index in [4.69, 9.17) is 5.73 Å². The van der Waals surface area contributed by atoms with E-state index in [-0.39, 0.29) is 5.91 Å². The van der Waals surface area contributed by atoms with Crippen molar-refractivity contribution >= 4 is 11.6 Å². The molecule has 0 bridgehead atoms. The highest BCUT2D eigenvalue weighted by atomic mass is 16.1. The summed E-state index contributed by atoms with van der Waals surface area (Å²) in [5.41, 5.74) is 8.57. The molecule has 0 spiro atoms. The van der Waals surface area contributed by atoms with Crippen molar-refractivity contribution in [2.24, 2.45) is 0 Å². The van der Waals surface area contributed by atoms with Crippen LogP contribution in [0.25, 0.3) is 0 Å². The van der Waals surface area contributed by atoms with Crippen LogP contribution in [0.3, 0.4) is 0 Å². The summed E-state index contributed by atoms with van der Waals surface area (Å²) < 4.78 is 0. The molecule has 0 heterocycles. The number of carbonyl (C=O) groups excluding carboxylic acids is 1. The van der Waals surface area contributed by atoms with Crippen molar-refractivity contribution in [1.29, 1.82) is 0 Å². The van der Waals surface area contributed by atoms with Crippen molar-refractivity contribution < 1.29 is 4.79 Å². The Balaban J connectivity index is 2.01. The summed E-state index contributed by atoms with van der Waals surface area (Å²) in [6.07, 6.45) is 2.63. The topological polar surface area (TPSA) is 55.1 Å². The first-order valence-corrected chi connectivity index (χ1v) is 5.29. The molecule has 1 saturated carbocycles. The molecular weight excluding hydrogens is 188 g/mol. The van der Waals surface area contributed by atoms with Gasteiger partial charge in [0.15, 0.2) is 0 Å². The highest BCUT2D eigenvalue weighted by molar-refractivity contribution is 5.80. The second-order valence-corrected chi connectivity index (χ2v) is 4.22. The number of nitrogen functional groups attached to an aromatic ring is 1. The fourth-order valence-electron chi connectivity index (χ4n) is 1.57. The average Bonchev–Trinajstić information content (AvgIpc) is 2.95. The minimum absolute atomic E-state index is 0.0785. The Hall–Kier alpha value is -1.51. The monoisotopic (exact) mass is 204 g/mol. The Morgan fingerprint density at radius 3 is 2.93 bits per heavy atom. The molecule has 0 saturated heterocycles. The van der Waals surface area contributed by atoms with Crippen molar-refractivity contribution in [3.63, 3.8) is 0 Å². The van der Waals surface area contributed by atoms with Crippen LogP contribution in [0.15, 0.2) is 18.2 Å². The van der Waals surface area contributed by atoms with Gasteiger partial charge in [-0.15, -0.1) is 0 Å². The summed E-state index contributed by atoms with van der Waals surface area (Å²) >= 11 is 0. The number of benzene rings is 1. The number of hydrogen-bond donors (Lipinski definition) is 2. The Kier molecular flexibility index (Phi) is 2.62. The SMILES string of the molecule is Cc1ccc(N)c(CC(=O)NC2CC2)c1. The van der Waals surface area contributed by atoms with E-state index in [2.05, 4.69) is 5.32 Å². The summed E-state index contributed by atoms with van der Waals surface area (Å²) in [7, 11) is 0. The van der Waals surface area contributed by atoms with Crippen molar-refractivity contribution in [1.82, 2.24) is 5.32 Å². The summed E-state index contributed by atoms with van der Waals surface area (Å²) in [5, 5.41) is 2.95. The molecule has 0 atom stereocenters. The third-order valence-corrected chi connectivity index (χ3v) is 2.59. The van der Waals surface area contributed by atoms with E-state index in [0.717, 1.165) is 24.0 Å². The van der Waals surface area contributed by atoms with Crippen LogP contribution in [0.5, 0.6) is 0 Å². The first kappa shape index (κ1) is 10.0. The zero-order valence-corrected chi connectivity index (χ0v) is 8.92. The van der Waals surface area contributed by atoms with Gasteiger partial charge in [-0.2, -0.15) is 0 Å². The van der Waals surface area contributed by atoms with E-state index in [1.54, 1.807) is 0 Å². The number of hydrogen-bond acceptors (Lipinski definition) is 2. The zero-order chi connectivity index (χ0) is 10.8. The Morgan fingerprint density at radius 2 is 2.27 bits per heavy atom. The Morgan fingerprint density at radius 1 is 1.53 bits per heavy atom. The second kappa shape index (κ2) is 3.93. The third-order valence-electron chi connectivity index (χ3n) is 2.59. The van der Waals surface area contributed by atoms with Crippen LogP contribution in [-0.2, 0) is 11.2 Å². The van der Waals surface area contributed by atoms with E-state index in [1.165, 1.54) is 0 Å². The average molecular weight is 204 g/mol. The van der Waals surface area contributed by atoms with Crippen molar-refractivity contribution in [2.75, 3.05) is 5.73 Å². The minimum atomic E-state index is 0.0785. The van der Waals surface area contributed by atoms with Gasteiger partial charge in [0.05, 0.1) is 6.42 Å². The van der Waals surface area contributed by atoms with Crippen molar-refractivity contribution in [3.05, 3.63) is 29.3 Å². The maximum Gasteiger partial charge on any atom is 0.224 e. The first-order chi connectivity index (χ1) is 7.15. The summed E-state index contributed by atoms with van der Waals surface area (Å²) in [6, 6.07) is 6.21. The van der Waals surface area contributed by atoms with Crippen molar-refractivity contribution in [2.45, 2.75) is 32.2 Å². The van der Waals surface area contributed by atoms with Gasteiger partial charge < -0.3 is 11.1 Å². The summed E-state index contributed by atoms with van der Waals surface area (Å²) in [6.45, 7) is 2.00. The molecule has 1 aromatic rings. The molecule has 0 aromatic heterocycles. The fraction of sp³-hybridized carbons (Fsp3) is 0.417. The van der Waals surface area contributed by atoms with Gasteiger partial charge in [-0.25, -0.2) is 0 Å². The first-order valence-electron chi connectivity index (χ1n) is 5.29. The quantitative estimate of drug-likeness (QED) is 0.731. The highest BCUT2D eigenvalue weighted by Crippen LogP contribution is 2.19. The van der Waals surface area contributed by atoms with E-state index in [1.807, 2.05) is 25.1 Å². The zero-order valence-electron chi connectivity index (χ0n) is 8.92. The van der Waals surface area contributed by atoms with E-state index in [9.17, 15) is 4.79 Å². The minimum Gasteiger partial charge on any atom is -0.398 e. The number of anilines is 1. The lowest BCUT2D eigenvalue weighted by molar-refractivity contribution is -0.120. The number of rotatable bonds is 3. The normalized spacial score (nSPS) is 15.0. The molecule has 0 radical (unpaired) electrons. The van der Waals surface area contributed by atoms with Gasteiger partial charge in [0, 0.05) is 11.7 Å². The van der Waals surface area contributed by atoms with Crippen LogP contribution in [-0.4, -0.2) is 11.9 Å². The standard InChI is InChI=1S/C12H16N2O/c1-8-2-5-11(13)9(6-8)7-12(15)14-10-3-4-10/h2,5-6,10H,3-4,7,13H2,1H3,(H,14,15). The molecule has 3 nitrogen and oxygen atoms in total. The molecule has 1 fully saturated rings. The smallest absolute Gasteiger partial charge is 0.224 e. The molecule has 3 N–H and O–H groups in total. The lowest BCUT2D eigenvalue weighted by Crippen LogP contribution is -2.27. The lowest BCUT2D eigenvalue weighted by atomic mass is 10.1. The van der Waals surface area contributed by atoms with Crippen LogP contribution < -0.4 is 11.1 Å². The van der Waals surface area contributed by atoms with Crippen LogP contribution >= 0.6 is 0 Å². The molecule has 1 aliphatic rings. The predicted octanol–water partition coefficient (Wildman–Crippen LogP) is 1.40. The number of amides is 1. The molecule has 1 amide bonds. The van der Waals surface area contributed by atoms with Crippen LogP contribution in [0.1, 0.15) is 24.0 Å². The highest BCUT2D eigenvalue weighted by Gasteiger charge is 2.23. The van der Waals surface area contributed by atoms with Gasteiger partial charge >= 0.3 is 0 Å². The lowest BCUT2D eigenvalue weighted by Gasteiger charge is -2.07. The van der Waals surface area contributed by atoms with Gasteiger partial charge in [-0.3, -0.25) is 4.79 Å². The predicted molar refractivity (Wildman–Crippen MR) is 60.5 cm³/mol. The maximum atomic E-state index is 11.6. The van der Waals surface area contributed by atoms with Crippen LogP contribution in [0.2, 0.25) is 0 Å². The van der Waals surface area contributed by atoms with E-state index >= 15 is 0 Å². The molecule has 3 heteroatoms. The van der Waals surface area contributed by atoms with Crippen LogP contribution in [0, 0.1) is 6.92 Å². The number of nitrogens with one attached hydrogen (secondary N) is 1. The Labute approximate surface area is 89.7 Å².